The minimum Gasteiger partial charge on any atom is -0.379 e. The van der Waals surface area contributed by atoms with E-state index in [9.17, 15) is 13.2 Å². The molecule has 0 aliphatic carbocycles. The molecule has 9 heteroatoms. The number of benzene rings is 2. The van der Waals surface area contributed by atoms with Gasteiger partial charge in [-0.2, -0.15) is 4.31 Å². The summed E-state index contributed by atoms with van der Waals surface area (Å²) in [7, 11) is -3.59. The highest BCUT2D eigenvalue weighted by molar-refractivity contribution is 7.89. The SMILES string of the molecule is CCn1c(CCC(=O)NCc2ccc(C)cc2)nc2cc(S(=O)(=O)N3CCOCC3)ccc21. The van der Waals surface area contributed by atoms with Crippen LogP contribution in [0.25, 0.3) is 11.0 Å². The van der Waals surface area contributed by atoms with Gasteiger partial charge >= 0.3 is 0 Å². The first-order chi connectivity index (χ1) is 15.9. The summed E-state index contributed by atoms with van der Waals surface area (Å²) in [5.74, 6) is 0.736. The molecule has 2 heterocycles. The summed E-state index contributed by atoms with van der Waals surface area (Å²) in [4.78, 5) is 17.3. The van der Waals surface area contributed by atoms with Crippen LogP contribution in [0.4, 0.5) is 0 Å². The molecule has 1 amide bonds. The fourth-order valence-corrected chi connectivity index (χ4v) is 5.45. The number of ether oxygens (including phenoxy) is 1. The minimum absolute atomic E-state index is 0.0409. The van der Waals surface area contributed by atoms with E-state index in [2.05, 4.69) is 10.3 Å². The van der Waals surface area contributed by atoms with Crippen LogP contribution >= 0.6 is 0 Å². The Balaban J connectivity index is 1.46. The number of fused-ring (bicyclic) bond motifs is 1. The van der Waals surface area contributed by atoms with Crippen molar-refractivity contribution in [1.82, 2.24) is 19.2 Å². The van der Waals surface area contributed by atoms with Crippen molar-refractivity contribution in [3.63, 3.8) is 0 Å². The smallest absolute Gasteiger partial charge is 0.243 e. The highest BCUT2D eigenvalue weighted by atomic mass is 32.2. The molecule has 1 N–H and O–H groups in total. The average molecular weight is 471 g/mol. The van der Waals surface area contributed by atoms with E-state index in [4.69, 9.17) is 4.74 Å². The first-order valence-electron chi connectivity index (χ1n) is 11.3. The predicted octanol–water partition coefficient (Wildman–Crippen LogP) is 2.63. The van der Waals surface area contributed by atoms with Crippen LogP contribution in [0.1, 0.15) is 30.3 Å². The van der Waals surface area contributed by atoms with Gasteiger partial charge in [0.2, 0.25) is 15.9 Å². The fraction of sp³-hybridized carbons (Fsp3) is 0.417. The van der Waals surface area contributed by atoms with Gasteiger partial charge in [0.25, 0.3) is 0 Å². The Morgan fingerprint density at radius 2 is 1.85 bits per heavy atom. The molecule has 176 valence electrons. The summed E-state index contributed by atoms with van der Waals surface area (Å²) < 4.78 is 34.8. The molecule has 0 bridgehead atoms. The maximum Gasteiger partial charge on any atom is 0.243 e. The molecule has 0 saturated carbocycles. The Morgan fingerprint density at radius 1 is 1.12 bits per heavy atom. The van der Waals surface area contributed by atoms with E-state index in [1.54, 1.807) is 18.2 Å². The van der Waals surface area contributed by atoms with E-state index >= 15 is 0 Å². The predicted molar refractivity (Wildman–Crippen MR) is 126 cm³/mol. The molecule has 1 aliphatic rings. The van der Waals surface area contributed by atoms with Crippen LogP contribution in [0.3, 0.4) is 0 Å². The van der Waals surface area contributed by atoms with Crippen molar-refractivity contribution >= 4 is 27.0 Å². The minimum atomic E-state index is -3.59. The van der Waals surface area contributed by atoms with Crippen LogP contribution < -0.4 is 5.32 Å². The van der Waals surface area contributed by atoms with Crippen molar-refractivity contribution in [2.45, 2.75) is 44.7 Å². The van der Waals surface area contributed by atoms with Crippen molar-refractivity contribution in [3.8, 4) is 0 Å². The molecule has 4 rings (SSSR count). The summed E-state index contributed by atoms with van der Waals surface area (Å²) in [5, 5.41) is 2.95. The molecule has 1 saturated heterocycles. The Morgan fingerprint density at radius 3 is 2.55 bits per heavy atom. The summed E-state index contributed by atoms with van der Waals surface area (Å²) in [6, 6.07) is 13.1. The van der Waals surface area contributed by atoms with Gasteiger partial charge in [0.15, 0.2) is 0 Å². The van der Waals surface area contributed by atoms with Gasteiger partial charge in [-0.3, -0.25) is 4.79 Å². The Hall–Kier alpha value is -2.75. The molecule has 0 unspecified atom stereocenters. The van der Waals surface area contributed by atoms with Gasteiger partial charge in [0.1, 0.15) is 5.82 Å². The summed E-state index contributed by atoms with van der Waals surface area (Å²) in [5.41, 5.74) is 3.74. The van der Waals surface area contributed by atoms with Crippen LogP contribution in [-0.2, 0) is 39.1 Å². The van der Waals surface area contributed by atoms with Gasteiger partial charge in [-0.05, 0) is 37.6 Å². The number of aromatic nitrogens is 2. The number of carbonyl (C=O) groups excluding carboxylic acids is 1. The number of sulfonamides is 1. The number of hydrogen-bond acceptors (Lipinski definition) is 5. The quantitative estimate of drug-likeness (QED) is 0.546. The van der Waals surface area contributed by atoms with E-state index in [1.165, 1.54) is 9.87 Å². The maximum absolute atomic E-state index is 13.0. The monoisotopic (exact) mass is 470 g/mol. The fourth-order valence-electron chi connectivity index (χ4n) is 4.02. The third-order valence-electron chi connectivity index (χ3n) is 5.91. The van der Waals surface area contributed by atoms with Crippen molar-refractivity contribution < 1.29 is 17.9 Å². The van der Waals surface area contributed by atoms with Crippen molar-refractivity contribution in [3.05, 3.63) is 59.4 Å². The number of morpholine rings is 1. The summed E-state index contributed by atoms with van der Waals surface area (Å²) in [6.45, 7) is 6.74. The number of amides is 1. The van der Waals surface area contributed by atoms with Gasteiger partial charge in [-0.25, -0.2) is 13.4 Å². The lowest BCUT2D eigenvalue weighted by molar-refractivity contribution is -0.121. The molecule has 2 aromatic carbocycles. The molecular weight excluding hydrogens is 440 g/mol. The lowest BCUT2D eigenvalue weighted by Crippen LogP contribution is -2.40. The number of nitrogens with one attached hydrogen (secondary N) is 1. The number of hydrogen-bond donors (Lipinski definition) is 1. The van der Waals surface area contributed by atoms with E-state index in [0.29, 0.717) is 57.8 Å². The summed E-state index contributed by atoms with van der Waals surface area (Å²) >= 11 is 0. The van der Waals surface area contributed by atoms with E-state index < -0.39 is 10.0 Å². The zero-order valence-corrected chi connectivity index (χ0v) is 19.9. The Bertz CT molecular complexity index is 1230. The van der Waals surface area contributed by atoms with Crippen LogP contribution in [0, 0.1) is 6.92 Å². The van der Waals surface area contributed by atoms with Crippen LogP contribution in [-0.4, -0.2) is 54.5 Å². The molecule has 33 heavy (non-hydrogen) atoms. The summed E-state index contributed by atoms with van der Waals surface area (Å²) in [6.07, 6.45) is 0.794. The second kappa shape index (κ2) is 10.0. The average Bonchev–Trinajstić information content (AvgIpc) is 3.19. The number of carbonyl (C=O) groups is 1. The molecular formula is C24H30N4O4S. The largest absolute Gasteiger partial charge is 0.379 e. The van der Waals surface area contributed by atoms with Crippen molar-refractivity contribution in [2.75, 3.05) is 26.3 Å². The second-order valence-electron chi connectivity index (χ2n) is 8.20. The van der Waals surface area contributed by atoms with Gasteiger partial charge in [0.05, 0.1) is 29.1 Å². The molecule has 0 radical (unpaired) electrons. The highest BCUT2D eigenvalue weighted by Crippen LogP contribution is 2.24. The Kier molecular flexibility index (Phi) is 7.11. The topological polar surface area (TPSA) is 93.5 Å². The molecule has 8 nitrogen and oxygen atoms in total. The lowest BCUT2D eigenvalue weighted by Gasteiger charge is -2.26. The Labute approximate surface area is 194 Å². The second-order valence-corrected chi connectivity index (χ2v) is 10.1. The van der Waals surface area contributed by atoms with Gasteiger partial charge in [-0.15, -0.1) is 0 Å². The maximum atomic E-state index is 13.0. The van der Waals surface area contributed by atoms with Crippen LogP contribution in [0.2, 0.25) is 0 Å². The first-order valence-corrected chi connectivity index (χ1v) is 12.7. The van der Waals surface area contributed by atoms with Crippen molar-refractivity contribution in [1.29, 1.82) is 0 Å². The number of nitrogens with zero attached hydrogens (tertiary/aromatic N) is 3. The molecule has 1 fully saturated rings. The number of rotatable bonds is 8. The van der Waals surface area contributed by atoms with Crippen LogP contribution in [0.15, 0.2) is 47.4 Å². The van der Waals surface area contributed by atoms with E-state index in [1.807, 2.05) is 42.7 Å². The highest BCUT2D eigenvalue weighted by Gasteiger charge is 2.27. The first kappa shape index (κ1) is 23.4. The zero-order valence-electron chi connectivity index (χ0n) is 19.1. The van der Waals surface area contributed by atoms with Gasteiger partial charge < -0.3 is 14.6 Å². The molecule has 1 aromatic heterocycles. The third kappa shape index (κ3) is 5.26. The molecule has 3 aromatic rings. The zero-order chi connectivity index (χ0) is 23.4. The van der Waals surface area contributed by atoms with Gasteiger partial charge in [0, 0.05) is 39.0 Å². The number of aryl methyl sites for hydroxylation is 3. The van der Waals surface area contributed by atoms with Gasteiger partial charge in [-0.1, -0.05) is 29.8 Å². The molecule has 1 aliphatic heterocycles. The van der Waals surface area contributed by atoms with E-state index in [0.717, 1.165) is 16.9 Å². The van der Waals surface area contributed by atoms with Crippen LogP contribution in [0.5, 0.6) is 0 Å². The van der Waals surface area contributed by atoms with Crippen molar-refractivity contribution in [2.24, 2.45) is 0 Å². The number of imidazole rings is 1. The normalized spacial score (nSPS) is 15.1. The molecule has 0 atom stereocenters. The molecule has 0 spiro atoms. The lowest BCUT2D eigenvalue weighted by atomic mass is 10.1. The third-order valence-corrected chi connectivity index (χ3v) is 7.80. The van der Waals surface area contributed by atoms with E-state index in [-0.39, 0.29) is 10.8 Å². The standard InChI is InChI=1S/C24H30N4O4S/c1-3-28-22-9-8-20(33(30,31)27-12-14-32-15-13-27)16-21(22)26-23(28)10-11-24(29)25-17-19-6-4-18(2)5-7-19/h4-9,16H,3,10-15,17H2,1-2H3,(H,25,29).